The first kappa shape index (κ1) is 24.1. The first-order valence-electron chi connectivity index (χ1n) is 13.7. The van der Waals surface area contributed by atoms with E-state index >= 15 is 0 Å². The van der Waals surface area contributed by atoms with Gasteiger partial charge < -0.3 is 29.7 Å². The monoisotopic (exact) mass is 523 g/mol. The summed E-state index contributed by atoms with van der Waals surface area (Å²) in [6.07, 6.45) is 4.01. The lowest BCUT2D eigenvalue weighted by Crippen LogP contribution is -2.37. The van der Waals surface area contributed by atoms with Crippen LogP contribution in [0.5, 0.6) is 0 Å². The minimum atomic E-state index is -0.0499. The number of nitrogens with zero attached hydrogens (tertiary/aromatic N) is 5. The molecule has 0 aliphatic carbocycles. The Hall–Kier alpha value is -3.95. The van der Waals surface area contributed by atoms with Crippen LogP contribution in [0.3, 0.4) is 0 Å². The van der Waals surface area contributed by atoms with E-state index in [0.29, 0.717) is 12.1 Å². The fourth-order valence-electron chi connectivity index (χ4n) is 6.33. The van der Waals surface area contributed by atoms with Crippen molar-refractivity contribution in [2.24, 2.45) is 0 Å². The van der Waals surface area contributed by atoms with E-state index in [1.807, 2.05) is 24.4 Å². The van der Waals surface area contributed by atoms with E-state index in [0.717, 1.165) is 97.3 Å². The molecule has 1 fully saturated rings. The maximum absolute atomic E-state index is 13.2. The summed E-state index contributed by atoms with van der Waals surface area (Å²) in [5, 5.41) is 7.72. The number of carbonyl (C=O) groups excluding carboxylic acids is 1. The van der Waals surface area contributed by atoms with Crippen LogP contribution in [0.15, 0.2) is 42.6 Å². The van der Waals surface area contributed by atoms with Gasteiger partial charge in [0, 0.05) is 55.6 Å². The molecule has 0 bridgehead atoms. The van der Waals surface area contributed by atoms with Crippen LogP contribution in [0.25, 0.3) is 22.2 Å². The molecule has 3 aliphatic heterocycles. The van der Waals surface area contributed by atoms with E-state index in [1.54, 1.807) is 0 Å². The van der Waals surface area contributed by atoms with Crippen molar-refractivity contribution in [1.29, 1.82) is 0 Å². The standard InChI is InChI=1S/C30H33N7O2/c1-35(2)18-23-24(36-13-15-39-16-14-36)9-10-26(34-23)33-22-8-7-19(21-17-32-30(38)28(21)22)27-20-5-3-11-31-29(20)37-12-4-6-25(27)37/h3,5,7-11H,4,6,12-18H2,1-2H3,(H,32,38)(H,33,34). The highest BCUT2D eigenvalue weighted by Gasteiger charge is 2.30. The number of aromatic nitrogens is 3. The van der Waals surface area contributed by atoms with Crippen molar-refractivity contribution in [2.75, 3.05) is 50.6 Å². The largest absolute Gasteiger partial charge is 0.378 e. The van der Waals surface area contributed by atoms with Crippen LogP contribution in [0.1, 0.15) is 33.7 Å². The average molecular weight is 524 g/mol. The lowest BCUT2D eigenvalue weighted by Gasteiger charge is -2.31. The van der Waals surface area contributed by atoms with E-state index < -0.39 is 0 Å². The smallest absolute Gasteiger partial charge is 0.254 e. The van der Waals surface area contributed by atoms with E-state index in [-0.39, 0.29) is 5.91 Å². The third-order valence-corrected chi connectivity index (χ3v) is 7.99. The summed E-state index contributed by atoms with van der Waals surface area (Å²) in [5.41, 5.74) is 9.36. The number of carbonyl (C=O) groups is 1. The van der Waals surface area contributed by atoms with Gasteiger partial charge in [0.25, 0.3) is 5.91 Å². The third kappa shape index (κ3) is 4.13. The SMILES string of the molecule is CN(C)Cc1nc(Nc2ccc(-c3c4n(c5ncccc35)CCC4)c3c2C(=O)NC3)ccc1N1CCOCC1. The molecule has 9 nitrogen and oxygen atoms in total. The Morgan fingerprint density at radius 3 is 2.79 bits per heavy atom. The highest BCUT2D eigenvalue weighted by molar-refractivity contribution is 6.08. The summed E-state index contributed by atoms with van der Waals surface area (Å²) in [5.74, 6) is 0.684. The second-order valence-electron chi connectivity index (χ2n) is 10.8. The molecule has 39 heavy (non-hydrogen) atoms. The molecule has 0 atom stereocenters. The van der Waals surface area contributed by atoms with E-state index in [2.05, 4.69) is 57.3 Å². The maximum Gasteiger partial charge on any atom is 0.254 e. The Kier molecular flexibility index (Phi) is 5.97. The predicted molar refractivity (Wildman–Crippen MR) is 153 cm³/mol. The summed E-state index contributed by atoms with van der Waals surface area (Å²) in [7, 11) is 4.11. The number of benzene rings is 1. The fourth-order valence-corrected chi connectivity index (χ4v) is 6.33. The Bertz CT molecular complexity index is 1590. The van der Waals surface area contributed by atoms with Crippen LogP contribution in [0, 0.1) is 0 Å². The predicted octanol–water partition coefficient (Wildman–Crippen LogP) is 3.93. The Morgan fingerprint density at radius 1 is 1.08 bits per heavy atom. The number of hydrogen-bond acceptors (Lipinski definition) is 7. The van der Waals surface area contributed by atoms with Crippen molar-refractivity contribution in [3.63, 3.8) is 0 Å². The van der Waals surface area contributed by atoms with Crippen LogP contribution in [0.4, 0.5) is 17.2 Å². The number of nitrogens with one attached hydrogen (secondary N) is 2. The highest BCUT2D eigenvalue weighted by Crippen LogP contribution is 2.42. The quantitative estimate of drug-likeness (QED) is 0.396. The normalized spacial score (nSPS) is 16.6. The van der Waals surface area contributed by atoms with Gasteiger partial charge in [-0.15, -0.1) is 0 Å². The van der Waals surface area contributed by atoms with Gasteiger partial charge >= 0.3 is 0 Å². The van der Waals surface area contributed by atoms with E-state index in [1.165, 1.54) is 11.3 Å². The molecule has 1 saturated heterocycles. The highest BCUT2D eigenvalue weighted by atomic mass is 16.5. The molecular weight excluding hydrogens is 490 g/mol. The van der Waals surface area contributed by atoms with Crippen molar-refractivity contribution in [3.8, 4) is 11.1 Å². The number of morpholine rings is 1. The molecule has 2 N–H and O–H groups in total. The van der Waals surface area contributed by atoms with Crippen LogP contribution < -0.4 is 15.5 Å². The van der Waals surface area contributed by atoms with Crippen LogP contribution in [-0.2, 0) is 30.8 Å². The second-order valence-corrected chi connectivity index (χ2v) is 10.8. The zero-order valence-electron chi connectivity index (χ0n) is 22.5. The van der Waals surface area contributed by atoms with Crippen LogP contribution in [0.2, 0.25) is 0 Å². The van der Waals surface area contributed by atoms with Gasteiger partial charge in [-0.3, -0.25) is 4.79 Å². The Balaban J connectivity index is 1.28. The van der Waals surface area contributed by atoms with E-state index in [9.17, 15) is 4.79 Å². The molecule has 1 amide bonds. The van der Waals surface area contributed by atoms with Gasteiger partial charge in [-0.05, 0) is 68.4 Å². The molecule has 0 radical (unpaired) electrons. The van der Waals surface area contributed by atoms with Gasteiger partial charge in [-0.2, -0.15) is 0 Å². The zero-order valence-corrected chi connectivity index (χ0v) is 22.5. The minimum absolute atomic E-state index is 0.0499. The van der Waals surface area contributed by atoms with Gasteiger partial charge in [0.15, 0.2) is 0 Å². The summed E-state index contributed by atoms with van der Waals surface area (Å²) in [6, 6.07) is 12.5. The summed E-state index contributed by atoms with van der Waals surface area (Å²) in [4.78, 5) is 27.3. The molecule has 6 heterocycles. The van der Waals surface area contributed by atoms with Gasteiger partial charge in [0.1, 0.15) is 11.5 Å². The first-order valence-corrected chi connectivity index (χ1v) is 13.7. The molecule has 9 heteroatoms. The Labute approximate surface area is 227 Å². The summed E-state index contributed by atoms with van der Waals surface area (Å²) >= 11 is 0. The number of hydrogen-bond donors (Lipinski definition) is 2. The second kappa shape index (κ2) is 9.66. The molecule has 3 aromatic heterocycles. The molecule has 0 saturated carbocycles. The lowest BCUT2D eigenvalue weighted by molar-refractivity contribution is 0.0966. The van der Waals surface area contributed by atoms with Gasteiger partial charge in [-0.25, -0.2) is 9.97 Å². The van der Waals surface area contributed by atoms with Crippen LogP contribution >= 0.6 is 0 Å². The van der Waals surface area contributed by atoms with Crippen molar-refractivity contribution in [1.82, 2.24) is 24.8 Å². The number of ether oxygens (including phenoxy) is 1. The molecule has 7 rings (SSSR count). The molecule has 3 aliphatic rings. The summed E-state index contributed by atoms with van der Waals surface area (Å²) in [6.45, 7) is 5.40. The summed E-state index contributed by atoms with van der Waals surface area (Å²) < 4.78 is 7.90. The molecule has 0 unspecified atom stereocenters. The number of aryl methyl sites for hydroxylation is 1. The topological polar surface area (TPSA) is 87.5 Å². The Morgan fingerprint density at radius 2 is 1.95 bits per heavy atom. The minimum Gasteiger partial charge on any atom is -0.378 e. The van der Waals surface area contributed by atoms with Crippen molar-refractivity contribution in [3.05, 3.63) is 65.1 Å². The maximum atomic E-state index is 13.2. The van der Waals surface area contributed by atoms with E-state index in [4.69, 9.17) is 14.7 Å². The van der Waals surface area contributed by atoms with Crippen molar-refractivity contribution < 1.29 is 9.53 Å². The van der Waals surface area contributed by atoms with Crippen molar-refractivity contribution in [2.45, 2.75) is 32.5 Å². The molecule has 1 aromatic carbocycles. The molecule has 0 spiro atoms. The lowest BCUT2D eigenvalue weighted by atomic mass is 9.93. The number of fused-ring (bicyclic) bond motifs is 4. The number of amides is 1. The first-order chi connectivity index (χ1) is 19.1. The van der Waals surface area contributed by atoms with Gasteiger partial charge in [0.05, 0.1) is 35.8 Å². The number of rotatable bonds is 6. The molecular formula is C30H33N7O2. The zero-order chi connectivity index (χ0) is 26.5. The number of anilines is 3. The fraction of sp³-hybridized carbons (Fsp3) is 0.367. The van der Waals surface area contributed by atoms with Crippen molar-refractivity contribution >= 4 is 34.1 Å². The third-order valence-electron chi connectivity index (χ3n) is 7.99. The van der Waals surface area contributed by atoms with Gasteiger partial charge in [0.2, 0.25) is 0 Å². The molecule has 4 aromatic rings. The molecule has 200 valence electrons. The van der Waals surface area contributed by atoms with Gasteiger partial charge in [-0.1, -0.05) is 6.07 Å². The average Bonchev–Trinajstić information content (AvgIpc) is 3.65. The van der Waals surface area contributed by atoms with Crippen LogP contribution in [-0.4, -0.2) is 65.7 Å². The number of pyridine rings is 2.